The highest BCUT2D eigenvalue weighted by molar-refractivity contribution is 6.30. The van der Waals surface area contributed by atoms with Gasteiger partial charge in [-0.15, -0.1) is 0 Å². The van der Waals surface area contributed by atoms with Crippen molar-refractivity contribution < 1.29 is 19.1 Å². The quantitative estimate of drug-likeness (QED) is 0.569. The van der Waals surface area contributed by atoms with E-state index in [2.05, 4.69) is 0 Å². The van der Waals surface area contributed by atoms with Crippen LogP contribution in [-0.2, 0) is 0 Å². The molecular weight excluding hydrogens is 380 g/mol. The SMILES string of the molecule is CC(CN(C)C)Oc1ccc(OC(C)CN(C)C)c2c1C(=O)c1ccccc1C2=O. The number of hydrogen-bond acceptors (Lipinski definition) is 6. The monoisotopic (exact) mass is 410 g/mol. The predicted molar refractivity (Wildman–Crippen MR) is 117 cm³/mol. The summed E-state index contributed by atoms with van der Waals surface area (Å²) in [7, 11) is 7.85. The average Bonchev–Trinajstić information content (AvgIpc) is 2.65. The zero-order chi connectivity index (χ0) is 22.0. The summed E-state index contributed by atoms with van der Waals surface area (Å²) in [6.07, 6.45) is -0.299. The van der Waals surface area contributed by atoms with Crippen LogP contribution < -0.4 is 9.47 Å². The number of fused-ring (bicyclic) bond motifs is 2. The van der Waals surface area contributed by atoms with Crippen LogP contribution in [0.1, 0.15) is 45.7 Å². The molecule has 0 spiro atoms. The molecule has 0 N–H and O–H groups in total. The van der Waals surface area contributed by atoms with Crippen LogP contribution in [0.5, 0.6) is 11.5 Å². The maximum absolute atomic E-state index is 13.4. The van der Waals surface area contributed by atoms with E-state index in [9.17, 15) is 9.59 Å². The molecular formula is C24H30N2O4. The Balaban J connectivity index is 2.08. The standard InChI is InChI=1S/C24H30N2O4/c1-15(13-25(3)4)29-19-11-12-20(30-16(2)14-26(5)6)22-21(19)23(27)17-9-7-8-10-18(17)24(22)28/h7-12,15-16H,13-14H2,1-6H3. The Labute approximate surface area is 178 Å². The Bertz CT molecular complexity index is 876. The van der Waals surface area contributed by atoms with Gasteiger partial charge in [0.05, 0.1) is 11.1 Å². The summed E-state index contributed by atoms with van der Waals surface area (Å²) in [5, 5.41) is 0. The molecule has 0 aromatic heterocycles. The molecule has 30 heavy (non-hydrogen) atoms. The topological polar surface area (TPSA) is 59.1 Å². The van der Waals surface area contributed by atoms with Crippen molar-refractivity contribution >= 4 is 11.6 Å². The zero-order valence-corrected chi connectivity index (χ0v) is 18.6. The normalized spacial score (nSPS) is 15.1. The number of ketones is 2. The largest absolute Gasteiger partial charge is 0.489 e. The average molecular weight is 411 g/mol. The highest BCUT2D eigenvalue weighted by atomic mass is 16.5. The van der Waals surface area contributed by atoms with Crippen LogP contribution >= 0.6 is 0 Å². The molecule has 0 fully saturated rings. The fraction of sp³-hybridized carbons (Fsp3) is 0.417. The van der Waals surface area contributed by atoms with Crippen molar-refractivity contribution in [1.82, 2.24) is 9.80 Å². The van der Waals surface area contributed by atoms with Crippen molar-refractivity contribution in [2.24, 2.45) is 0 Å². The van der Waals surface area contributed by atoms with Crippen LogP contribution in [0.3, 0.4) is 0 Å². The minimum Gasteiger partial charge on any atom is -0.489 e. The molecule has 0 amide bonds. The minimum absolute atomic E-state index is 0.149. The second-order valence-electron chi connectivity index (χ2n) is 8.40. The van der Waals surface area contributed by atoms with E-state index < -0.39 is 0 Å². The molecule has 0 saturated carbocycles. The molecule has 2 aromatic carbocycles. The molecule has 1 aliphatic carbocycles. The van der Waals surface area contributed by atoms with E-state index in [1.54, 1.807) is 36.4 Å². The number of hydrogen-bond donors (Lipinski definition) is 0. The van der Waals surface area contributed by atoms with Gasteiger partial charge in [-0.25, -0.2) is 0 Å². The Morgan fingerprint density at radius 3 is 1.40 bits per heavy atom. The fourth-order valence-corrected chi connectivity index (χ4v) is 3.90. The Hall–Kier alpha value is -2.70. The van der Waals surface area contributed by atoms with Crippen molar-refractivity contribution in [2.45, 2.75) is 26.1 Å². The molecule has 0 radical (unpaired) electrons. The van der Waals surface area contributed by atoms with E-state index in [4.69, 9.17) is 9.47 Å². The third-order valence-corrected chi connectivity index (χ3v) is 4.90. The van der Waals surface area contributed by atoms with E-state index in [-0.39, 0.29) is 23.8 Å². The van der Waals surface area contributed by atoms with Crippen LogP contribution in [0, 0.1) is 0 Å². The van der Waals surface area contributed by atoms with E-state index >= 15 is 0 Å². The number of nitrogens with zero attached hydrogens (tertiary/aromatic N) is 2. The molecule has 2 unspecified atom stereocenters. The summed E-state index contributed by atoms with van der Waals surface area (Å²) < 4.78 is 12.2. The first-order valence-corrected chi connectivity index (χ1v) is 10.2. The van der Waals surface area contributed by atoms with Crippen LogP contribution in [0.15, 0.2) is 36.4 Å². The van der Waals surface area contributed by atoms with Crippen molar-refractivity contribution in [3.8, 4) is 11.5 Å². The zero-order valence-electron chi connectivity index (χ0n) is 18.6. The molecule has 1 aliphatic rings. The van der Waals surface area contributed by atoms with Gasteiger partial charge in [-0.2, -0.15) is 0 Å². The van der Waals surface area contributed by atoms with E-state index in [1.165, 1.54) is 0 Å². The second kappa shape index (κ2) is 8.98. The predicted octanol–water partition coefficient (Wildman–Crippen LogP) is 3.12. The summed E-state index contributed by atoms with van der Waals surface area (Å²) in [6, 6.07) is 10.4. The lowest BCUT2D eigenvalue weighted by Crippen LogP contribution is -2.31. The van der Waals surface area contributed by atoms with E-state index in [0.29, 0.717) is 46.8 Å². The third-order valence-electron chi connectivity index (χ3n) is 4.90. The molecule has 0 bridgehead atoms. The maximum atomic E-state index is 13.4. The molecule has 2 aromatic rings. The van der Waals surface area contributed by atoms with E-state index in [1.807, 2.05) is 51.8 Å². The molecule has 0 saturated heterocycles. The van der Waals surface area contributed by atoms with Crippen LogP contribution in [0.25, 0.3) is 0 Å². The van der Waals surface area contributed by atoms with Crippen LogP contribution in [-0.4, -0.2) is 74.9 Å². The van der Waals surface area contributed by atoms with Crippen LogP contribution in [0.4, 0.5) is 0 Å². The molecule has 0 heterocycles. The first-order chi connectivity index (χ1) is 14.2. The lowest BCUT2D eigenvalue weighted by atomic mass is 9.83. The van der Waals surface area contributed by atoms with Crippen molar-refractivity contribution in [3.05, 3.63) is 58.7 Å². The van der Waals surface area contributed by atoms with Gasteiger partial charge in [0.1, 0.15) is 23.7 Å². The van der Waals surface area contributed by atoms with Crippen LogP contribution in [0.2, 0.25) is 0 Å². The third kappa shape index (κ3) is 4.55. The number of rotatable bonds is 8. The first-order valence-electron chi connectivity index (χ1n) is 10.2. The highest BCUT2D eigenvalue weighted by Crippen LogP contribution is 2.39. The fourth-order valence-electron chi connectivity index (χ4n) is 3.90. The molecule has 6 heteroatoms. The number of benzene rings is 2. The number of carbonyl (C=O) groups is 2. The Morgan fingerprint density at radius 2 is 1.07 bits per heavy atom. The summed E-state index contributed by atoms with van der Waals surface area (Å²) >= 11 is 0. The lowest BCUT2D eigenvalue weighted by Gasteiger charge is -2.27. The Morgan fingerprint density at radius 1 is 0.700 bits per heavy atom. The highest BCUT2D eigenvalue weighted by Gasteiger charge is 2.35. The van der Waals surface area contributed by atoms with Crippen molar-refractivity contribution in [1.29, 1.82) is 0 Å². The summed E-state index contributed by atoms with van der Waals surface area (Å²) in [4.78, 5) is 30.8. The molecule has 160 valence electrons. The molecule has 6 nitrogen and oxygen atoms in total. The lowest BCUT2D eigenvalue weighted by molar-refractivity contribution is 0.0963. The van der Waals surface area contributed by atoms with Gasteiger partial charge >= 0.3 is 0 Å². The number of ether oxygens (including phenoxy) is 2. The van der Waals surface area contributed by atoms with Gasteiger partial charge in [0.15, 0.2) is 11.6 Å². The second-order valence-corrected chi connectivity index (χ2v) is 8.40. The minimum atomic E-state index is -0.210. The van der Waals surface area contributed by atoms with Gasteiger partial charge in [-0.05, 0) is 54.2 Å². The first kappa shape index (κ1) is 22.0. The van der Waals surface area contributed by atoms with Gasteiger partial charge < -0.3 is 19.3 Å². The van der Waals surface area contributed by atoms with Crippen molar-refractivity contribution in [2.75, 3.05) is 41.3 Å². The Kier molecular flexibility index (Phi) is 6.58. The van der Waals surface area contributed by atoms with E-state index in [0.717, 1.165) is 0 Å². The van der Waals surface area contributed by atoms with Crippen molar-refractivity contribution in [3.63, 3.8) is 0 Å². The van der Waals surface area contributed by atoms with Gasteiger partial charge in [-0.3, -0.25) is 9.59 Å². The summed E-state index contributed by atoms with van der Waals surface area (Å²) in [5.74, 6) is 0.413. The smallest absolute Gasteiger partial charge is 0.198 e. The van der Waals surface area contributed by atoms with Gasteiger partial charge in [0, 0.05) is 24.2 Å². The van der Waals surface area contributed by atoms with Gasteiger partial charge in [0.2, 0.25) is 0 Å². The molecule has 0 aliphatic heterocycles. The van der Waals surface area contributed by atoms with Gasteiger partial charge in [0.25, 0.3) is 0 Å². The maximum Gasteiger partial charge on any atom is 0.198 e. The number of likely N-dealkylation sites (N-methyl/N-ethyl adjacent to an activating group) is 2. The summed E-state index contributed by atoms with van der Waals surface area (Å²) in [5.41, 5.74) is 1.38. The van der Waals surface area contributed by atoms with Gasteiger partial charge in [-0.1, -0.05) is 24.3 Å². The molecule has 2 atom stereocenters. The summed E-state index contributed by atoms with van der Waals surface area (Å²) in [6.45, 7) is 5.26. The molecule has 3 rings (SSSR count). The number of carbonyl (C=O) groups excluding carboxylic acids is 2.